The van der Waals surface area contributed by atoms with Gasteiger partial charge in [0.05, 0.1) is 22.9 Å². The number of aromatic nitrogens is 3. The predicted molar refractivity (Wildman–Crippen MR) is 133 cm³/mol. The number of hydrazone groups is 1. The van der Waals surface area contributed by atoms with E-state index in [1.54, 1.807) is 25.1 Å². The summed E-state index contributed by atoms with van der Waals surface area (Å²) in [5.41, 5.74) is 5.07. The van der Waals surface area contributed by atoms with Crippen molar-refractivity contribution in [3.63, 3.8) is 0 Å². The second-order valence-electron chi connectivity index (χ2n) is 7.36. The first kappa shape index (κ1) is 24.6. The summed E-state index contributed by atoms with van der Waals surface area (Å²) < 4.78 is 1.90. The molecule has 1 amide bonds. The Kier molecular flexibility index (Phi) is 8.52. The summed E-state index contributed by atoms with van der Waals surface area (Å²) in [4.78, 5) is 22.9. The number of hydrogen-bond acceptors (Lipinski definition) is 8. The fourth-order valence-electron chi connectivity index (χ4n) is 2.89. The fourth-order valence-corrected chi connectivity index (χ4v) is 3.76. The molecular weight excluding hydrogens is 454 g/mol. The van der Waals surface area contributed by atoms with Crippen LogP contribution in [-0.2, 0) is 17.9 Å². The van der Waals surface area contributed by atoms with Gasteiger partial charge in [-0.15, -0.1) is 16.8 Å². The molecule has 0 saturated carbocycles. The first-order chi connectivity index (χ1) is 16.4. The lowest BCUT2D eigenvalue weighted by Crippen LogP contribution is -2.27. The zero-order valence-electron chi connectivity index (χ0n) is 18.8. The molecule has 0 aliphatic heterocycles. The normalized spacial score (nSPS) is 11.8. The van der Waals surface area contributed by atoms with E-state index >= 15 is 0 Å². The number of carbonyl (C=O) groups is 1. The van der Waals surface area contributed by atoms with Crippen molar-refractivity contribution in [2.75, 3.05) is 5.32 Å². The Morgan fingerprint density at radius 2 is 2.06 bits per heavy atom. The van der Waals surface area contributed by atoms with Crippen molar-refractivity contribution in [2.45, 2.75) is 37.3 Å². The van der Waals surface area contributed by atoms with Crippen molar-refractivity contribution in [3.05, 3.63) is 88.3 Å². The van der Waals surface area contributed by atoms with E-state index in [9.17, 15) is 14.9 Å². The third-order valence-electron chi connectivity index (χ3n) is 4.73. The van der Waals surface area contributed by atoms with Crippen molar-refractivity contribution >= 4 is 35.3 Å². The molecular formula is C23H25N7O3S. The maximum Gasteiger partial charge on any atom is 0.270 e. The van der Waals surface area contributed by atoms with Crippen LogP contribution >= 0.6 is 11.8 Å². The number of nitro groups is 1. The highest BCUT2D eigenvalue weighted by molar-refractivity contribution is 8.00. The summed E-state index contributed by atoms with van der Waals surface area (Å²) in [6, 6.07) is 14.0. The Bertz CT molecular complexity index is 1190. The van der Waals surface area contributed by atoms with Crippen LogP contribution in [-0.4, -0.2) is 37.1 Å². The molecule has 0 fully saturated rings. The third kappa shape index (κ3) is 6.75. The highest BCUT2D eigenvalue weighted by Gasteiger charge is 2.19. The SMILES string of the molecule is C=CCn1c(CNc2ccc(C)cc2)nnc1S[C@@H](C)C(=O)NN=Cc1cccc([N+](=O)[O-])c1. The molecule has 3 rings (SSSR count). The lowest BCUT2D eigenvalue weighted by atomic mass is 10.2. The largest absolute Gasteiger partial charge is 0.378 e. The number of allylic oxidation sites excluding steroid dienone is 1. The number of carbonyl (C=O) groups excluding carboxylic acids is 1. The highest BCUT2D eigenvalue weighted by atomic mass is 32.2. The summed E-state index contributed by atoms with van der Waals surface area (Å²) in [6.45, 7) is 8.54. The van der Waals surface area contributed by atoms with E-state index in [2.05, 4.69) is 32.6 Å². The van der Waals surface area contributed by atoms with Gasteiger partial charge in [-0.2, -0.15) is 5.10 Å². The van der Waals surface area contributed by atoms with Crippen LogP contribution in [0.1, 0.15) is 23.9 Å². The summed E-state index contributed by atoms with van der Waals surface area (Å²) in [7, 11) is 0. The van der Waals surface area contributed by atoms with E-state index in [1.807, 2.05) is 35.8 Å². The molecule has 10 nitrogen and oxygen atoms in total. The van der Waals surface area contributed by atoms with Crippen LogP contribution in [0, 0.1) is 17.0 Å². The van der Waals surface area contributed by atoms with Crippen molar-refractivity contribution in [3.8, 4) is 0 Å². The van der Waals surface area contributed by atoms with Gasteiger partial charge in [-0.05, 0) is 26.0 Å². The van der Waals surface area contributed by atoms with Gasteiger partial charge in [-0.25, -0.2) is 5.43 Å². The molecule has 0 unspecified atom stereocenters. The molecule has 1 heterocycles. The molecule has 0 spiro atoms. The maximum absolute atomic E-state index is 12.5. The first-order valence-electron chi connectivity index (χ1n) is 10.4. The van der Waals surface area contributed by atoms with Crippen molar-refractivity contribution in [1.29, 1.82) is 0 Å². The van der Waals surface area contributed by atoms with E-state index in [0.717, 1.165) is 11.5 Å². The number of aryl methyl sites for hydroxylation is 1. The lowest BCUT2D eigenvalue weighted by molar-refractivity contribution is -0.384. The molecule has 1 aromatic heterocycles. The lowest BCUT2D eigenvalue weighted by Gasteiger charge is -2.12. The number of amides is 1. The van der Waals surface area contributed by atoms with Gasteiger partial charge in [0.15, 0.2) is 11.0 Å². The highest BCUT2D eigenvalue weighted by Crippen LogP contribution is 2.23. The van der Waals surface area contributed by atoms with Gasteiger partial charge >= 0.3 is 0 Å². The molecule has 1 atom stereocenters. The number of anilines is 1. The van der Waals surface area contributed by atoms with Crippen molar-refractivity contribution in [1.82, 2.24) is 20.2 Å². The standard InChI is InChI=1S/C23H25N7O3S/c1-4-12-29-21(15-24-19-10-8-16(2)9-11-19)26-28-23(29)34-17(3)22(31)27-25-14-18-6-5-7-20(13-18)30(32)33/h4-11,13-14,17,24H,1,12,15H2,2-3H3,(H,27,31)/t17-/m0/s1. The summed E-state index contributed by atoms with van der Waals surface area (Å²) in [5, 5.41) is 26.7. The number of benzene rings is 2. The topological polar surface area (TPSA) is 127 Å². The summed E-state index contributed by atoms with van der Waals surface area (Å²) in [6.07, 6.45) is 3.11. The van der Waals surface area contributed by atoms with E-state index in [0.29, 0.717) is 23.8 Å². The van der Waals surface area contributed by atoms with Crippen LogP contribution in [0.4, 0.5) is 11.4 Å². The monoisotopic (exact) mass is 479 g/mol. The smallest absolute Gasteiger partial charge is 0.270 e. The third-order valence-corrected chi connectivity index (χ3v) is 5.81. The molecule has 3 aromatic rings. The zero-order chi connectivity index (χ0) is 24.5. The average Bonchev–Trinajstić information content (AvgIpc) is 3.20. The van der Waals surface area contributed by atoms with Crippen molar-refractivity contribution < 1.29 is 9.72 Å². The molecule has 176 valence electrons. The molecule has 0 aliphatic carbocycles. The van der Waals surface area contributed by atoms with Crippen LogP contribution in [0.5, 0.6) is 0 Å². The number of rotatable bonds is 11. The van der Waals surface area contributed by atoms with Gasteiger partial charge in [-0.1, -0.05) is 47.7 Å². The molecule has 0 bridgehead atoms. The quantitative estimate of drug-likeness (QED) is 0.140. The fraction of sp³-hybridized carbons (Fsp3) is 0.217. The molecule has 0 radical (unpaired) electrons. The second-order valence-corrected chi connectivity index (χ2v) is 8.67. The Morgan fingerprint density at radius 1 is 1.29 bits per heavy atom. The maximum atomic E-state index is 12.5. The summed E-state index contributed by atoms with van der Waals surface area (Å²) in [5.74, 6) is 0.387. The minimum absolute atomic E-state index is 0.0478. The Labute approximate surface area is 201 Å². The number of thioether (sulfide) groups is 1. The van der Waals surface area contributed by atoms with Crippen LogP contribution in [0.2, 0.25) is 0 Å². The van der Waals surface area contributed by atoms with Gasteiger partial charge in [0.1, 0.15) is 0 Å². The number of non-ortho nitro benzene ring substituents is 1. The van der Waals surface area contributed by atoms with E-state index in [-0.39, 0.29) is 11.6 Å². The van der Waals surface area contributed by atoms with Crippen LogP contribution in [0.15, 0.2) is 71.4 Å². The number of nitrogens with one attached hydrogen (secondary N) is 2. The molecule has 2 N–H and O–H groups in total. The predicted octanol–water partition coefficient (Wildman–Crippen LogP) is 3.92. The molecule has 0 saturated heterocycles. The van der Waals surface area contributed by atoms with Gasteiger partial charge in [0, 0.05) is 29.9 Å². The Balaban J connectivity index is 1.60. The Morgan fingerprint density at radius 3 is 2.76 bits per heavy atom. The number of nitrogens with zero attached hydrogens (tertiary/aromatic N) is 5. The minimum Gasteiger partial charge on any atom is -0.378 e. The van der Waals surface area contributed by atoms with E-state index < -0.39 is 10.2 Å². The van der Waals surface area contributed by atoms with Gasteiger partial charge in [-0.3, -0.25) is 14.9 Å². The molecule has 11 heteroatoms. The average molecular weight is 480 g/mol. The van der Waals surface area contributed by atoms with Crippen molar-refractivity contribution in [2.24, 2.45) is 5.10 Å². The molecule has 0 aliphatic rings. The van der Waals surface area contributed by atoms with E-state index in [4.69, 9.17) is 0 Å². The number of hydrogen-bond donors (Lipinski definition) is 2. The first-order valence-corrected chi connectivity index (χ1v) is 11.3. The zero-order valence-corrected chi connectivity index (χ0v) is 19.7. The van der Waals surface area contributed by atoms with Crippen LogP contribution < -0.4 is 10.7 Å². The van der Waals surface area contributed by atoms with Gasteiger partial charge in [0.25, 0.3) is 11.6 Å². The second kappa shape index (κ2) is 11.8. The number of nitro benzene ring substituents is 1. The van der Waals surface area contributed by atoms with Crippen LogP contribution in [0.25, 0.3) is 0 Å². The van der Waals surface area contributed by atoms with Gasteiger partial charge < -0.3 is 9.88 Å². The molecule has 2 aromatic carbocycles. The minimum atomic E-state index is -0.507. The summed E-state index contributed by atoms with van der Waals surface area (Å²) >= 11 is 1.25. The van der Waals surface area contributed by atoms with Crippen LogP contribution in [0.3, 0.4) is 0 Å². The van der Waals surface area contributed by atoms with E-state index in [1.165, 1.54) is 35.7 Å². The van der Waals surface area contributed by atoms with Gasteiger partial charge in [0.2, 0.25) is 0 Å². The Hall–Kier alpha value is -3.99. The molecule has 34 heavy (non-hydrogen) atoms.